The Hall–Kier alpha value is -1.89. The van der Waals surface area contributed by atoms with Crippen molar-refractivity contribution in [2.45, 2.75) is 13.0 Å². The number of aliphatic carboxylic acids is 1. The van der Waals surface area contributed by atoms with Gasteiger partial charge >= 0.3 is 5.97 Å². The smallest absolute Gasteiger partial charge is 0.328 e. The fourth-order valence-corrected chi connectivity index (χ4v) is 1.24. The molecule has 2 N–H and O–H groups in total. The van der Waals surface area contributed by atoms with Gasteiger partial charge in [-0.15, -0.1) is 0 Å². The van der Waals surface area contributed by atoms with E-state index in [4.69, 9.17) is 14.6 Å². The average molecular weight is 241 g/mol. The number of methoxy groups -OCH3 is 2. The fourth-order valence-electron chi connectivity index (χ4n) is 1.24. The van der Waals surface area contributed by atoms with Gasteiger partial charge < -0.3 is 19.9 Å². The van der Waals surface area contributed by atoms with Crippen molar-refractivity contribution in [3.63, 3.8) is 0 Å². The second kappa shape index (κ2) is 6.00. The third-order valence-corrected chi connectivity index (χ3v) is 1.98. The number of carboxylic acid groups (broad SMARTS) is 1. The molecule has 1 aromatic heterocycles. The van der Waals surface area contributed by atoms with Crippen molar-refractivity contribution < 1.29 is 19.4 Å². The highest BCUT2D eigenvalue weighted by molar-refractivity contribution is 5.77. The second-order valence-corrected chi connectivity index (χ2v) is 3.33. The Labute approximate surface area is 98.8 Å². The van der Waals surface area contributed by atoms with Gasteiger partial charge in [-0.05, 0) is 6.92 Å². The van der Waals surface area contributed by atoms with Gasteiger partial charge in [0.25, 0.3) is 0 Å². The number of hydrogen-bond donors (Lipinski definition) is 2. The van der Waals surface area contributed by atoms with Gasteiger partial charge in [0.05, 0.1) is 13.7 Å². The molecular formula is C10H15N3O4. The van der Waals surface area contributed by atoms with Crippen molar-refractivity contribution in [3.05, 3.63) is 11.9 Å². The van der Waals surface area contributed by atoms with E-state index in [0.29, 0.717) is 17.5 Å². The molecule has 0 aromatic carbocycles. The van der Waals surface area contributed by atoms with Crippen molar-refractivity contribution in [3.8, 4) is 5.88 Å². The first kappa shape index (κ1) is 13.2. The molecule has 7 heteroatoms. The quantitative estimate of drug-likeness (QED) is 0.740. The number of carboxylic acids is 1. The van der Waals surface area contributed by atoms with Crippen LogP contribution in [0.5, 0.6) is 5.88 Å². The van der Waals surface area contributed by atoms with Crippen LogP contribution in [0.1, 0.15) is 5.82 Å². The maximum Gasteiger partial charge on any atom is 0.328 e. The van der Waals surface area contributed by atoms with Crippen LogP contribution < -0.4 is 10.1 Å². The minimum atomic E-state index is -1.01. The zero-order chi connectivity index (χ0) is 12.8. The van der Waals surface area contributed by atoms with Crippen LogP contribution in [0.4, 0.5) is 5.82 Å². The number of nitrogens with zero attached hydrogens (tertiary/aromatic N) is 2. The number of carbonyl (C=O) groups is 1. The van der Waals surface area contributed by atoms with E-state index in [-0.39, 0.29) is 6.61 Å². The minimum absolute atomic E-state index is 0.0424. The fraction of sp³-hybridized carbons (Fsp3) is 0.500. The number of rotatable bonds is 6. The third-order valence-electron chi connectivity index (χ3n) is 1.98. The topological polar surface area (TPSA) is 93.6 Å². The maximum absolute atomic E-state index is 10.9. The SMILES string of the molecule is COCC(Nc1cc(OC)nc(C)n1)C(=O)O. The molecule has 0 radical (unpaired) electrons. The van der Waals surface area contributed by atoms with Gasteiger partial charge in [-0.2, -0.15) is 4.98 Å². The van der Waals surface area contributed by atoms with Gasteiger partial charge in [0.1, 0.15) is 17.7 Å². The highest BCUT2D eigenvalue weighted by atomic mass is 16.5. The average Bonchev–Trinajstić information content (AvgIpc) is 2.27. The number of ether oxygens (including phenoxy) is 2. The number of aromatic nitrogens is 2. The molecule has 0 saturated heterocycles. The Kier molecular flexibility index (Phi) is 4.65. The molecule has 1 unspecified atom stereocenters. The van der Waals surface area contributed by atoms with Crippen LogP contribution in [-0.4, -0.2) is 47.9 Å². The molecule has 0 amide bonds. The lowest BCUT2D eigenvalue weighted by Gasteiger charge is -2.14. The summed E-state index contributed by atoms with van der Waals surface area (Å²) >= 11 is 0. The summed E-state index contributed by atoms with van der Waals surface area (Å²) in [6.45, 7) is 1.74. The Morgan fingerprint density at radius 2 is 2.24 bits per heavy atom. The molecule has 0 saturated carbocycles. The molecule has 0 aliphatic carbocycles. The van der Waals surface area contributed by atoms with Crippen molar-refractivity contribution in [2.24, 2.45) is 0 Å². The molecule has 0 aliphatic heterocycles. The normalized spacial score (nSPS) is 11.9. The highest BCUT2D eigenvalue weighted by Crippen LogP contribution is 2.13. The van der Waals surface area contributed by atoms with Crippen molar-refractivity contribution in [1.82, 2.24) is 9.97 Å². The summed E-state index contributed by atoms with van der Waals surface area (Å²) in [4.78, 5) is 19.0. The first-order chi connectivity index (χ1) is 8.06. The maximum atomic E-state index is 10.9. The third kappa shape index (κ3) is 3.87. The largest absolute Gasteiger partial charge is 0.481 e. The van der Waals surface area contributed by atoms with Gasteiger partial charge in [-0.3, -0.25) is 0 Å². The molecule has 0 bridgehead atoms. The molecule has 7 nitrogen and oxygen atoms in total. The van der Waals surface area contributed by atoms with Crippen molar-refractivity contribution in [2.75, 3.05) is 26.1 Å². The van der Waals surface area contributed by atoms with Crippen LogP contribution in [0.15, 0.2) is 6.07 Å². The van der Waals surface area contributed by atoms with E-state index in [9.17, 15) is 4.79 Å². The van der Waals surface area contributed by atoms with E-state index < -0.39 is 12.0 Å². The van der Waals surface area contributed by atoms with E-state index in [1.165, 1.54) is 20.3 Å². The predicted molar refractivity (Wildman–Crippen MR) is 60.2 cm³/mol. The van der Waals surface area contributed by atoms with E-state index in [0.717, 1.165) is 0 Å². The van der Waals surface area contributed by atoms with Crippen LogP contribution in [-0.2, 0) is 9.53 Å². The van der Waals surface area contributed by atoms with E-state index >= 15 is 0 Å². The molecule has 1 aromatic rings. The standard InChI is InChI=1S/C10H15N3O4/c1-6-11-8(4-9(12-6)17-3)13-7(5-16-2)10(14)15/h4,7H,5H2,1-3H3,(H,14,15)(H,11,12,13). The van der Waals surface area contributed by atoms with Crippen LogP contribution >= 0.6 is 0 Å². The molecule has 94 valence electrons. The molecular weight excluding hydrogens is 226 g/mol. The van der Waals surface area contributed by atoms with E-state index in [2.05, 4.69) is 15.3 Å². The lowest BCUT2D eigenvalue weighted by molar-refractivity contribution is -0.139. The lowest BCUT2D eigenvalue weighted by Crippen LogP contribution is -2.34. The number of aryl methyl sites for hydroxylation is 1. The summed E-state index contributed by atoms with van der Waals surface area (Å²) < 4.78 is 9.77. The molecule has 1 heterocycles. The Bertz CT molecular complexity index is 397. The number of anilines is 1. The van der Waals surface area contributed by atoms with E-state index in [1.807, 2.05) is 0 Å². The molecule has 0 fully saturated rings. The summed E-state index contributed by atoms with van der Waals surface area (Å²) in [6, 6.07) is 0.664. The Morgan fingerprint density at radius 3 is 2.76 bits per heavy atom. The zero-order valence-corrected chi connectivity index (χ0v) is 9.93. The van der Waals surface area contributed by atoms with Crippen molar-refractivity contribution >= 4 is 11.8 Å². The van der Waals surface area contributed by atoms with Gasteiger partial charge in [0, 0.05) is 13.2 Å². The Balaban J connectivity index is 2.84. The lowest BCUT2D eigenvalue weighted by atomic mass is 10.3. The zero-order valence-electron chi connectivity index (χ0n) is 9.93. The highest BCUT2D eigenvalue weighted by Gasteiger charge is 2.17. The molecule has 1 atom stereocenters. The number of nitrogens with one attached hydrogen (secondary N) is 1. The predicted octanol–water partition coefficient (Wildman–Crippen LogP) is 0.305. The summed E-state index contributed by atoms with van der Waals surface area (Å²) in [5.41, 5.74) is 0. The molecule has 0 spiro atoms. The van der Waals surface area contributed by atoms with Gasteiger partial charge in [0.15, 0.2) is 0 Å². The Morgan fingerprint density at radius 1 is 1.53 bits per heavy atom. The molecule has 0 aliphatic rings. The monoisotopic (exact) mass is 241 g/mol. The van der Waals surface area contributed by atoms with Crippen LogP contribution in [0.25, 0.3) is 0 Å². The summed E-state index contributed by atoms with van der Waals surface area (Å²) in [5, 5.41) is 11.7. The first-order valence-electron chi connectivity index (χ1n) is 4.94. The molecule has 17 heavy (non-hydrogen) atoms. The number of hydrogen-bond acceptors (Lipinski definition) is 6. The van der Waals surface area contributed by atoms with Gasteiger partial charge in [0.2, 0.25) is 5.88 Å². The van der Waals surface area contributed by atoms with Crippen LogP contribution in [0.2, 0.25) is 0 Å². The second-order valence-electron chi connectivity index (χ2n) is 3.33. The van der Waals surface area contributed by atoms with Crippen LogP contribution in [0, 0.1) is 6.92 Å². The summed E-state index contributed by atoms with van der Waals surface area (Å²) in [6.07, 6.45) is 0. The molecule has 1 rings (SSSR count). The first-order valence-corrected chi connectivity index (χ1v) is 4.94. The van der Waals surface area contributed by atoms with Crippen LogP contribution in [0.3, 0.4) is 0 Å². The summed E-state index contributed by atoms with van der Waals surface area (Å²) in [7, 11) is 2.92. The van der Waals surface area contributed by atoms with Gasteiger partial charge in [-0.1, -0.05) is 0 Å². The van der Waals surface area contributed by atoms with Gasteiger partial charge in [-0.25, -0.2) is 9.78 Å². The van der Waals surface area contributed by atoms with E-state index in [1.54, 1.807) is 6.92 Å². The summed E-state index contributed by atoms with van der Waals surface area (Å²) in [5.74, 6) is 0.246. The minimum Gasteiger partial charge on any atom is -0.481 e. The van der Waals surface area contributed by atoms with Crippen molar-refractivity contribution in [1.29, 1.82) is 0 Å².